The molecule has 0 atom stereocenters. The molecule has 2 heterocycles. The SMILES string of the molecule is CCn1cc(Nc2cc(Br)cn(C)c2=O)cn1. The number of hydrogen-bond acceptors (Lipinski definition) is 3. The van der Waals surface area contributed by atoms with Gasteiger partial charge in [0.25, 0.3) is 5.56 Å². The number of halogens is 1. The molecule has 0 saturated heterocycles. The second kappa shape index (κ2) is 4.75. The van der Waals surface area contributed by atoms with Crippen LogP contribution in [0.3, 0.4) is 0 Å². The molecule has 90 valence electrons. The number of anilines is 2. The highest BCUT2D eigenvalue weighted by Gasteiger charge is 2.05. The van der Waals surface area contributed by atoms with Crippen LogP contribution in [0, 0.1) is 0 Å². The number of nitrogens with zero attached hydrogens (tertiary/aromatic N) is 3. The first-order valence-corrected chi connectivity index (χ1v) is 6.05. The smallest absolute Gasteiger partial charge is 0.274 e. The molecule has 0 saturated carbocycles. The Morgan fingerprint density at radius 3 is 2.88 bits per heavy atom. The van der Waals surface area contributed by atoms with Crippen LogP contribution in [0.4, 0.5) is 11.4 Å². The van der Waals surface area contributed by atoms with Crippen molar-refractivity contribution in [2.45, 2.75) is 13.5 Å². The monoisotopic (exact) mass is 296 g/mol. The molecule has 0 amide bonds. The number of nitrogens with one attached hydrogen (secondary N) is 1. The van der Waals surface area contributed by atoms with Crippen molar-refractivity contribution < 1.29 is 0 Å². The number of hydrogen-bond donors (Lipinski definition) is 1. The predicted octanol–water partition coefficient (Wildman–Crippen LogP) is 2.11. The summed E-state index contributed by atoms with van der Waals surface area (Å²) in [6.07, 6.45) is 5.28. The Morgan fingerprint density at radius 1 is 1.47 bits per heavy atom. The lowest BCUT2D eigenvalue weighted by atomic mass is 10.4. The summed E-state index contributed by atoms with van der Waals surface area (Å²) in [5.74, 6) is 0. The molecular formula is C11H13BrN4O. The van der Waals surface area contributed by atoms with Gasteiger partial charge in [0.2, 0.25) is 0 Å². The van der Waals surface area contributed by atoms with Crippen molar-refractivity contribution in [3.05, 3.63) is 39.5 Å². The Hall–Kier alpha value is -1.56. The third kappa shape index (κ3) is 2.58. The van der Waals surface area contributed by atoms with Crippen molar-refractivity contribution in [1.82, 2.24) is 14.3 Å². The third-order valence-electron chi connectivity index (χ3n) is 2.39. The average Bonchev–Trinajstić information content (AvgIpc) is 2.73. The van der Waals surface area contributed by atoms with Gasteiger partial charge < -0.3 is 9.88 Å². The van der Waals surface area contributed by atoms with Gasteiger partial charge in [0.1, 0.15) is 5.69 Å². The zero-order chi connectivity index (χ0) is 12.4. The second-order valence-corrected chi connectivity index (χ2v) is 4.61. The summed E-state index contributed by atoms with van der Waals surface area (Å²) in [5, 5.41) is 7.20. The van der Waals surface area contributed by atoms with Crippen molar-refractivity contribution in [3.8, 4) is 0 Å². The molecule has 2 aromatic rings. The van der Waals surface area contributed by atoms with E-state index >= 15 is 0 Å². The maximum absolute atomic E-state index is 11.9. The summed E-state index contributed by atoms with van der Waals surface area (Å²) in [6.45, 7) is 2.81. The van der Waals surface area contributed by atoms with Gasteiger partial charge in [0.05, 0.1) is 11.9 Å². The van der Waals surface area contributed by atoms with Crippen LogP contribution in [-0.2, 0) is 13.6 Å². The normalized spacial score (nSPS) is 10.5. The molecule has 1 N–H and O–H groups in total. The maximum Gasteiger partial charge on any atom is 0.274 e. The van der Waals surface area contributed by atoms with E-state index in [9.17, 15) is 4.79 Å². The van der Waals surface area contributed by atoms with Crippen molar-refractivity contribution in [2.24, 2.45) is 7.05 Å². The van der Waals surface area contributed by atoms with E-state index in [0.717, 1.165) is 16.7 Å². The Balaban J connectivity index is 2.32. The van der Waals surface area contributed by atoms with Crippen LogP contribution in [0.1, 0.15) is 6.92 Å². The van der Waals surface area contributed by atoms with Gasteiger partial charge in [0, 0.05) is 30.5 Å². The summed E-state index contributed by atoms with van der Waals surface area (Å²) in [4.78, 5) is 11.9. The summed E-state index contributed by atoms with van der Waals surface area (Å²) in [6, 6.07) is 1.76. The van der Waals surface area contributed by atoms with Crippen LogP contribution in [0.5, 0.6) is 0 Å². The van der Waals surface area contributed by atoms with E-state index in [1.54, 1.807) is 30.2 Å². The van der Waals surface area contributed by atoms with Gasteiger partial charge in [-0.15, -0.1) is 0 Å². The molecule has 0 aromatic carbocycles. The number of aryl methyl sites for hydroxylation is 2. The highest BCUT2D eigenvalue weighted by Crippen LogP contribution is 2.16. The molecule has 6 heteroatoms. The van der Waals surface area contributed by atoms with E-state index in [4.69, 9.17) is 0 Å². The Morgan fingerprint density at radius 2 is 2.24 bits per heavy atom. The fraction of sp³-hybridized carbons (Fsp3) is 0.273. The molecule has 0 aliphatic carbocycles. The fourth-order valence-corrected chi connectivity index (χ4v) is 2.05. The molecule has 2 rings (SSSR count). The van der Waals surface area contributed by atoms with E-state index in [-0.39, 0.29) is 5.56 Å². The first-order valence-electron chi connectivity index (χ1n) is 5.26. The summed E-state index contributed by atoms with van der Waals surface area (Å²) < 4.78 is 4.17. The fourth-order valence-electron chi connectivity index (χ4n) is 1.52. The molecule has 2 aromatic heterocycles. The molecule has 0 aliphatic rings. The van der Waals surface area contributed by atoms with Gasteiger partial charge in [-0.3, -0.25) is 9.48 Å². The van der Waals surface area contributed by atoms with Crippen LogP contribution in [0.2, 0.25) is 0 Å². The molecular weight excluding hydrogens is 284 g/mol. The predicted molar refractivity (Wildman–Crippen MR) is 70.6 cm³/mol. The highest BCUT2D eigenvalue weighted by molar-refractivity contribution is 9.10. The van der Waals surface area contributed by atoms with E-state index in [1.165, 1.54) is 4.57 Å². The van der Waals surface area contributed by atoms with E-state index in [1.807, 2.05) is 13.1 Å². The van der Waals surface area contributed by atoms with Crippen molar-refractivity contribution >= 4 is 27.3 Å². The molecule has 5 nitrogen and oxygen atoms in total. The lowest BCUT2D eigenvalue weighted by Gasteiger charge is -2.05. The lowest BCUT2D eigenvalue weighted by Crippen LogP contribution is -2.18. The van der Waals surface area contributed by atoms with Gasteiger partial charge in [-0.1, -0.05) is 0 Å². The number of rotatable bonds is 3. The van der Waals surface area contributed by atoms with Crippen LogP contribution in [0.15, 0.2) is 33.9 Å². The minimum absolute atomic E-state index is 0.0718. The van der Waals surface area contributed by atoms with Crippen LogP contribution < -0.4 is 10.9 Å². The van der Waals surface area contributed by atoms with Gasteiger partial charge >= 0.3 is 0 Å². The van der Waals surface area contributed by atoms with E-state index in [0.29, 0.717) is 5.69 Å². The third-order valence-corrected chi connectivity index (χ3v) is 2.82. The maximum atomic E-state index is 11.9. The standard InChI is InChI=1S/C11H13BrN4O/c1-3-16-7-9(5-13-16)14-10-4-8(12)6-15(2)11(10)17/h4-7,14H,3H2,1-2H3. The summed E-state index contributed by atoms with van der Waals surface area (Å²) in [7, 11) is 1.72. The summed E-state index contributed by atoms with van der Waals surface area (Å²) >= 11 is 3.36. The zero-order valence-corrected chi connectivity index (χ0v) is 11.2. The molecule has 0 aliphatic heterocycles. The van der Waals surface area contributed by atoms with Gasteiger partial charge in [-0.25, -0.2) is 0 Å². The second-order valence-electron chi connectivity index (χ2n) is 3.70. The highest BCUT2D eigenvalue weighted by atomic mass is 79.9. The van der Waals surface area contributed by atoms with Gasteiger partial charge in [0.15, 0.2) is 0 Å². The zero-order valence-electron chi connectivity index (χ0n) is 9.64. The molecule has 0 radical (unpaired) electrons. The lowest BCUT2D eigenvalue weighted by molar-refractivity contribution is 0.660. The quantitative estimate of drug-likeness (QED) is 0.944. The Kier molecular flexibility index (Phi) is 3.33. The van der Waals surface area contributed by atoms with Crippen molar-refractivity contribution in [1.29, 1.82) is 0 Å². The van der Waals surface area contributed by atoms with E-state index < -0.39 is 0 Å². The van der Waals surface area contributed by atoms with E-state index in [2.05, 4.69) is 26.3 Å². The molecule has 0 unspecified atom stereocenters. The van der Waals surface area contributed by atoms with Crippen LogP contribution in [-0.4, -0.2) is 14.3 Å². The number of pyridine rings is 1. The van der Waals surface area contributed by atoms with Gasteiger partial charge in [-0.2, -0.15) is 5.10 Å². The topological polar surface area (TPSA) is 51.9 Å². The van der Waals surface area contributed by atoms with Crippen molar-refractivity contribution in [3.63, 3.8) is 0 Å². The first kappa shape index (κ1) is 11.9. The molecule has 0 bridgehead atoms. The Labute approximate surface area is 107 Å². The average molecular weight is 297 g/mol. The largest absolute Gasteiger partial charge is 0.348 e. The molecule has 17 heavy (non-hydrogen) atoms. The minimum atomic E-state index is -0.0718. The minimum Gasteiger partial charge on any atom is -0.348 e. The summed E-state index contributed by atoms with van der Waals surface area (Å²) in [5.41, 5.74) is 1.26. The van der Waals surface area contributed by atoms with Crippen LogP contribution >= 0.6 is 15.9 Å². The van der Waals surface area contributed by atoms with Crippen molar-refractivity contribution in [2.75, 3.05) is 5.32 Å². The van der Waals surface area contributed by atoms with Crippen LogP contribution in [0.25, 0.3) is 0 Å². The van der Waals surface area contributed by atoms with Gasteiger partial charge in [-0.05, 0) is 28.9 Å². The molecule has 0 fully saturated rings. The Bertz CT molecular complexity index is 587. The number of aromatic nitrogens is 3. The first-order chi connectivity index (χ1) is 8.10. The molecule has 0 spiro atoms.